The molecule has 3 aromatic rings. The highest BCUT2D eigenvalue weighted by Crippen LogP contribution is 2.21. The standard InChI is InChI=1S/C19H21N5O6S/c1-4-23(12-18(25)20-13-5-7-14(8-6-13)24(27)28)31(29,30)15-9-10-16-17(11-15)22(3)19(26)21(16)2/h5-11H,4,12H2,1-3H3,(H,20,25). The Balaban J connectivity index is 1.83. The molecule has 12 heteroatoms. The van der Waals surface area contributed by atoms with Gasteiger partial charge in [-0.25, -0.2) is 13.2 Å². The van der Waals surface area contributed by atoms with E-state index in [1.807, 2.05) is 0 Å². The number of nitro benzene ring substituents is 1. The van der Waals surface area contributed by atoms with E-state index in [0.717, 1.165) is 4.31 Å². The number of aryl methyl sites for hydroxylation is 2. The van der Waals surface area contributed by atoms with Crippen LogP contribution in [0.4, 0.5) is 11.4 Å². The number of nitrogens with zero attached hydrogens (tertiary/aromatic N) is 4. The minimum atomic E-state index is -4.01. The number of non-ortho nitro benzene ring substituents is 1. The predicted octanol–water partition coefficient (Wildman–Crippen LogP) is 1.43. The van der Waals surface area contributed by atoms with Crippen molar-refractivity contribution in [1.29, 1.82) is 0 Å². The van der Waals surface area contributed by atoms with Crippen molar-refractivity contribution in [2.75, 3.05) is 18.4 Å². The first-order chi connectivity index (χ1) is 14.6. The second kappa shape index (κ2) is 8.32. The molecule has 1 heterocycles. The Bertz CT molecular complexity index is 1320. The van der Waals surface area contributed by atoms with Crippen LogP contribution in [-0.4, -0.2) is 45.8 Å². The molecular formula is C19H21N5O6S. The molecule has 1 N–H and O–H groups in total. The molecule has 0 fully saturated rings. The van der Waals surface area contributed by atoms with Crippen molar-refractivity contribution in [3.8, 4) is 0 Å². The van der Waals surface area contributed by atoms with Gasteiger partial charge >= 0.3 is 5.69 Å². The molecule has 11 nitrogen and oxygen atoms in total. The molecule has 0 saturated carbocycles. The third kappa shape index (κ3) is 4.20. The van der Waals surface area contributed by atoms with Crippen molar-refractivity contribution in [3.63, 3.8) is 0 Å². The van der Waals surface area contributed by atoms with Gasteiger partial charge < -0.3 is 5.32 Å². The van der Waals surface area contributed by atoms with Gasteiger partial charge in [-0.15, -0.1) is 0 Å². The lowest BCUT2D eigenvalue weighted by Crippen LogP contribution is -2.37. The van der Waals surface area contributed by atoms with E-state index in [-0.39, 0.29) is 22.8 Å². The maximum Gasteiger partial charge on any atom is 0.328 e. The van der Waals surface area contributed by atoms with Gasteiger partial charge in [0.05, 0.1) is 27.4 Å². The Labute approximate surface area is 177 Å². The Morgan fingerprint density at radius 1 is 1.10 bits per heavy atom. The molecule has 1 aromatic heterocycles. The summed E-state index contributed by atoms with van der Waals surface area (Å²) in [5, 5.41) is 13.2. The zero-order valence-corrected chi connectivity index (χ0v) is 17.9. The second-order valence-electron chi connectivity index (χ2n) is 6.83. The molecule has 0 spiro atoms. The van der Waals surface area contributed by atoms with Crippen LogP contribution >= 0.6 is 0 Å². The van der Waals surface area contributed by atoms with Gasteiger partial charge in [0, 0.05) is 38.5 Å². The minimum Gasteiger partial charge on any atom is -0.325 e. The molecule has 1 amide bonds. The summed E-state index contributed by atoms with van der Waals surface area (Å²) in [6.45, 7) is 1.21. The van der Waals surface area contributed by atoms with E-state index in [1.165, 1.54) is 45.5 Å². The number of benzene rings is 2. The van der Waals surface area contributed by atoms with E-state index >= 15 is 0 Å². The highest BCUT2D eigenvalue weighted by Gasteiger charge is 2.26. The third-order valence-electron chi connectivity index (χ3n) is 4.92. The average molecular weight is 447 g/mol. The fraction of sp³-hybridized carbons (Fsp3) is 0.263. The lowest BCUT2D eigenvalue weighted by molar-refractivity contribution is -0.384. The van der Waals surface area contributed by atoms with E-state index in [2.05, 4.69) is 5.32 Å². The van der Waals surface area contributed by atoms with E-state index < -0.39 is 27.4 Å². The monoisotopic (exact) mass is 447 g/mol. The number of sulfonamides is 1. The molecule has 0 radical (unpaired) electrons. The summed E-state index contributed by atoms with van der Waals surface area (Å²) in [7, 11) is -0.861. The topological polar surface area (TPSA) is 137 Å². The lowest BCUT2D eigenvalue weighted by atomic mass is 10.3. The number of rotatable bonds is 7. The molecule has 2 aromatic carbocycles. The van der Waals surface area contributed by atoms with Gasteiger partial charge in [-0.2, -0.15) is 4.31 Å². The minimum absolute atomic E-state index is 0.0359. The number of carbonyl (C=O) groups is 1. The first-order valence-corrected chi connectivity index (χ1v) is 10.7. The van der Waals surface area contributed by atoms with Crippen molar-refractivity contribution < 1.29 is 18.1 Å². The maximum atomic E-state index is 13.1. The normalized spacial score (nSPS) is 11.7. The summed E-state index contributed by atoms with van der Waals surface area (Å²) in [5.74, 6) is -0.590. The average Bonchev–Trinajstić information content (AvgIpc) is 2.96. The zero-order chi connectivity index (χ0) is 22.9. The van der Waals surface area contributed by atoms with Gasteiger partial charge in [0.1, 0.15) is 0 Å². The van der Waals surface area contributed by atoms with Crippen molar-refractivity contribution >= 4 is 38.3 Å². The molecule has 0 aliphatic carbocycles. The molecule has 0 bridgehead atoms. The van der Waals surface area contributed by atoms with E-state index in [1.54, 1.807) is 27.1 Å². The zero-order valence-electron chi connectivity index (χ0n) is 17.1. The van der Waals surface area contributed by atoms with Crippen LogP contribution < -0.4 is 11.0 Å². The molecule has 0 atom stereocenters. The van der Waals surface area contributed by atoms with Crippen LogP contribution in [0.2, 0.25) is 0 Å². The molecule has 3 rings (SSSR count). The van der Waals surface area contributed by atoms with Crippen LogP contribution in [0.1, 0.15) is 6.92 Å². The number of nitro groups is 1. The predicted molar refractivity (Wildman–Crippen MR) is 114 cm³/mol. The lowest BCUT2D eigenvalue weighted by Gasteiger charge is -2.20. The van der Waals surface area contributed by atoms with Crippen LogP contribution in [0.15, 0.2) is 52.2 Å². The Morgan fingerprint density at radius 2 is 1.71 bits per heavy atom. The van der Waals surface area contributed by atoms with Crippen LogP contribution in [0.5, 0.6) is 0 Å². The SMILES string of the molecule is CCN(CC(=O)Nc1ccc([N+](=O)[O-])cc1)S(=O)(=O)c1ccc2c(c1)n(C)c(=O)n2C. The molecule has 0 aliphatic rings. The summed E-state index contributed by atoms with van der Waals surface area (Å²) < 4.78 is 30.0. The number of nitrogens with one attached hydrogen (secondary N) is 1. The smallest absolute Gasteiger partial charge is 0.325 e. The maximum absolute atomic E-state index is 13.1. The molecule has 0 unspecified atom stereocenters. The molecule has 164 valence electrons. The first kappa shape index (κ1) is 22.2. The van der Waals surface area contributed by atoms with Gasteiger partial charge in [0.15, 0.2) is 0 Å². The van der Waals surface area contributed by atoms with E-state index in [0.29, 0.717) is 16.7 Å². The van der Waals surface area contributed by atoms with Gasteiger partial charge in [0.25, 0.3) is 5.69 Å². The van der Waals surface area contributed by atoms with Crippen molar-refractivity contribution in [2.24, 2.45) is 14.1 Å². The molecular weight excluding hydrogens is 426 g/mol. The van der Waals surface area contributed by atoms with Gasteiger partial charge in [-0.1, -0.05) is 6.92 Å². The van der Waals surface area contributed by atoms with Gasteiger partial charge in [-0.3, -0.25) is 24.0 Å². The summed E-state index contributed by atoms with van der Waals surface area (Å²) in [6.07, 6.45) is 0. The molecule has 31 heavy (non-hydrogen) atoms. The number of amides is 1. The Morgan fingerprint density at radius 3 is 2.29 bits per heavy atom. The van der Waals surface area contributed by atoms with Crippen molar-refractivity contribution in [3.05, 3.63) is 63.1 Å². The summed E-state index contributed by atoms with van der Waals surface area (Å²) in [4.78, 5) is 34.6. The number of aromatic nitrogens is 2. The number of anilines is 1. The van der Waals surface area contributed by atoms with E-state index in [4.69, 9.17) is 0 Å². The number of imidazole rings is 1. The largest absolute Gasteiger partial charge is 0.328 e. The van der Waals surface area contributed by atoms with Crippen LogP contribution in [0.25, 0.3) is 11.0 Å². The Hall–Kier alpha value is -3.51. The number of likely N-dealkylation sites (N-methyl/N-ethyl adjacent to an activating group) is 1. The molecule has 0 saturated heterocycles. The first-order valence-electron chi connectivity index (χ1n) is 9.26. The summed E-state index contributed by atoms with van der Waals surface area (Å²) >= 11 is 0. The summed E-state index contributed by atoms with van der Waals surface area (Å²) in [5.41, 5.74) is 0.955. The van der Waals surface area contributed by atoms with Crippen LogP contribution in [-0.2, 0) is 28.9 Å². The quantitative estimate of drug-likeness (QED) is 0.430. The number of hydrogen-bond donors (Lipinski definition) is 1. The second-order valence-corrected chi connectivity index (χ2v) is 8.77. The van der Waals surface area contributed by atoms with Gasteiger partial charge in [-0.05, 0) is 30.3 Å². The van der Waals surface area contributed by atoms with Crippen molar-refractivity contribution in [1.82, 2.24) is 13.4 Å². The Kier molecular flexibility index (Phi) is 5.95. The number of hydrogen-bond acceptors (Lipinski definition) is 6. The highest BCUT2D eigenvalue weighted by molar-refractivity contribution is 7.89. The van der Waals surface area contributed by atoms with Crippen LogP contribution in [0, 0.1) is 10.1 Å². The number of carbonyl (C=O) groups excluding carboxylic acids is 1. The fourth-order valence-corrected chi connectivity index (χ4v) is 4.62. The van der Waals surface area contributed by atoms with Gasteiger partial charge in [0.2, 0.25) is 15.9 Å². The third-order valence-corrected chi connectivity index (χ3v) is 6.83. The fourth-order valence-electron chi connectivity index (χ4n) is 3.19. The highest BCUT2D eigenvalue weighted by atomic mass is 32.2. The summed E-state index contributed by atoms with van der Waals surface area (Å²) in [6, 6.07) is 9.56. The molecule has 0 aliphatic heterocycles. The van der Waals surface area contributed by atoms with E-state index in [9.17, 15) is 28.1 Å². The van der Waals surface area contributed by atoms with Crippen molar-refractivity contribution in [2.45, 2.75) is 11.8 Å². The number of fused-ring (bicyclic) bond motifs is 1. The van der Waals surface area contributed by atoms with Crippen LogP contribution in [0.3, 0.4) is 0 Å².